The van der Waals surface area contributed by atoms with Crippen molar-refractivity contribution in [3.8, 4) is 0 Å². The van der Waals surface area contributed by atoms with Crippen LogP contribution in [0.4, 0.5) is 5.69 Å². The molecule has 2 heterocycles. The van der Waals surface area contributed by atoms with Crippen LogP contribution in [-0.2, 0) is 11.8 Å². The Morgan fingerprint density at radius 1 is 1.10 bits per heavy atom. The van der Waals surface area contributed by atoms with Gasteiger partial charge in [0.15, 0.2) is 5.16 Å². The summed E-state index contributed by atoms with van der Waals surface area (Å²) in [7, 11) is 1.68. The number of rotatable bonds is 6. The molecule has 0 unspecified atom stereocenters. The van der Waals surface area contributed by atoms with E-state index in [4.69, 9.17) is 0 Å². The number of thioether (sulfide) groups is 1. The van der Waals surface area contributed by atoms with Gasteiger partial charge in [-0.1, -0.05) is 53.9 Å². The van der Waals surface area contributed by atoms with E-state index in [1.54, 1.807) is 24.9 Å². The first-order valence-corrected chi connectivity index (χ1v) is 11.5. The van der Waals surface area contributed by atoms with Crippen molar-refractivity contribution >= 4 is 56.7 Å². The highest BCUT2D eigenvalue weighted by atomic mass is 32.2. The first-order chi connectivity index (χ1) is 14.1. The first kappa shape index (κ1) is 19.8. The van der Waals surface area contributed by atoms with Gasteiger partial charge in [0, 0.05) is 16.8 Å². The van der Waals surface area contributed by atoms with E-state index in [-0.39, 0.29) is 17.2 Å². The van der Waals surface area contributed by atoms with Crippen LogP contribution in [0.15, 0.2) is 85.8 Å². The van der Waals surface area contributed by atoms with E-state index in [0.29, 0.717) is 15.4 Å². The predicted molar refractivity (Wildman–Crippen MR) is 121 cm³/mol. The molecule has 5 nitrogen and oxygen atoms in total. The average molecular weight is 440 g/mol. The van der Waals surface area contributed by atoms with Gasteiger partial charge in [0.05, 0.1) is 16.8 Å². The molecule has 2 aromatic heterocycles. The molecule has 0 radical (unpaired) electrons. The molecule has 0 saturated heterocycles. The highest BCUT2D eigenvalue weighted by Gasteiger charge is 2.13. The number of benzene rings is 2. The normalized spacial score (nSPS) is 10.9. The Morgan fingerprint density at radius 3 is 2.69 bits per heavy atom. The van der Waals surface area contributed by atoms with Gasteiger partial charge in [0.25, 0.3) is 5.56 Å². The summed E-state index contributed by atoms with van der Waals surface area (Å²) in [5.74, 6) is 0.0262. The number of hydrogen-bond acceptors (Lipinski definition) is 6. The van der Waals surface area contributed by atoms with Crippen molar-refractivity contribution in [1.29, 1.82) is 0 Å². The Hall–Kier alpha value is -2.55. The van der Waals surface area contributed by atoms with Crippen LogP contribution in [0.1, 0.15) is 0 Å². The highest BCUT2D eigenvalue weighted by molar-refractivity contribution is 8.00. The maximum absolute atomic E-state index is 12.5. The van der Waals surface area contributed by atoms with Gasteiger partial charge in [-0.05, 0) is 35.7 Å². The molecule has 0 bridgehead atoms. The summed E-state index contributed by atoms with van der Waals surface area (Å²) in [5.41, 5.74) is 0.672. The van der Waals surface area contributed by atoms with Crippen LogP contribution in [0.25, 0.3) is 10.2 Å². The summed E-state index contributed by atoms with van der Waals surface area (Å²) < 4.78 is 1.49. The SMILES string of the molecule is Cn1c(SCC(=O)Nc2ccccc2Sc2ccccc2)nc2sccc2c1=O. The van der Waals surface area contributed by atoms with Crippen molar-refractivity contribution in [3.63, 3.8) is 0 Å². The lowest BCUT2D eigenvalue weighted by Crippen LogP contribution is -2.21. The molecule has 0 aliphatic heterocycles. The summed E-state index contributed by atoms with van der Waals surface area (Å²) in [4.78, 5) is 32.2. The van der Waals surface area contributed by atoms with E-state index in [1.807, 2.05) is 60.0 Å². The topological polar surface area (TPSA) is 64.0 Å². The van der Waals surface area contributed by atoms with Crippen LogP contribution in [0.2, 0.25) is 0 Å². The standard InChI is InChI=1S/C21H17N3O2S3/c1-24-20(26)15-11-12-27-19(15)23-21(24)28-13-18(25)22-16-9-5-6-10-17(16)29-14-7-3-2-4-8-14/h2-12H,13H2,1H3,(H,22,25). The second kappa shape index (κ2) is 8.86. The Morgan fingerprint density at radius 2 is 1.86 bits per heavy atom. The number of para-hydroxylation sites is 1. The van der Waals surface area contributed by atoms with E-state index in [9.17, 15) is 9.59 Å². The van der Waals surface area contributed by atoms with Crippen LogP contribution in [0.5, 0.6) is 0 Å². The van der Waals surface area contributed by atoms with Gasteiger partial charge in [-0.2, -0.15) is 0 Å². The van der Waals surface area contributed by atoms with Crippen molar-refractivity contribution in [2.75, 3.05) is 11.1 Å². The van der Waals surface area contributed by atoms with E-state index >= 15 is 0 Å². The maximum Gasteiger partial charge on any atom is 0.262 e. The van der Waals surface area contributed by atoms with Crippen LogP contribution >= 0.6 is 34.9 Å². The molecule has 0 aliphatic carbocycles. The fourth-order valence-corrected chi connectivity index (χ4v) is 5.20. The Balaban J connectivity index is 1.46. The maximum atomic E-state index is 12.5. The minimum Gasteiger partial charge on any atom is -0.324 e. The third-order valence-electron chi connectivity index (χ3n) is 4.13. The molecule has 29 heavy (non-hydrogen) atoms. The average Bonchev–Trinajstić information content (AvgIpc) is 3.21. The van der Waals surface area contributed by atoms with E-state index in [1.165, 1.54) is 27.7 Å². The molecule has 4 rings (SSSR count). The molecule has 1 amide bonds. The van der Waals surface area contributed by atoms with Crippen molar-refractivity contribution in [3.05, 3.63) is 76.4 Å². The van der Waals surface area contributed by atoms with E-state index in [0.717, 1.165) is 15.5 Å². The molecule has 0 saturated carbocycles. The smallest absolute Gasteiger partial charge is 0.262 e. The largest absolute Gasteiger partial charge is 0.324 e. The Bertz CT molecular complexity index is 1220. The number of aromatic nitrogens is 2. The quantitative estimate of drug-likeness (QED) is 0.343. The molecule has 8 heteroatoms. The summed E-state index contributed by atoms with van der Waals surface area (Å²) in [6, 6.07) is 19.5. The minimum atomic E-state index is -0.142. The van der Waals surface area contributed by atoms with E-state index in [2.05, 4.69) is 10.3 Å². The lowest BCUT2D eigenvalue weighted by Gasteiger charge is -2.11. The van der Waals surface area contributed by atoms with Crippen LogP contribution in [0, 0.1) is 0 Å². The fraction of sp³-hybridized carbons (Fsp3) is 0.0952. The lowest BCUT2D eigenvalue weighted by atomic mass is 10.3. The number of thiophene rings is 1. The van der Waals surface area contributed by atoms with Crippen LogP contribution in [-0.4, -0.2) is 21.2 Å². The van der Waals surface area contributed by atoms with Gasteiger partial charge in [-0.25, -0.2) is 4.98 Å². The van der Waals surface area contributed by atoms with Crippen molar-refractivity contribution in [2.24, 2.45) is 7.05 Å². The van der Waals surface area contributed by atoms with Crippen LogP contribution < -0.4 is 10.9 Å². The predicted octanol–water partition coefficient (Wildman–Crippen LogP) is 4.88. The third kappa shape index (κ3) is 4.55. The number of fused-ring (bicyclic) bond motifs is 1. The third-order valence-corrected chi connectivity index (χ3v) is 7.05. The fourth-order valence-electron chi connectivity index (χ4n) is 2.70. The molecule has 1 N–H and O–H groups in total. The second-order valence-corrected chi connectivity index (χ2v) is 9.10. The first-order valence-electron chi connectivity index (χ1n) is 8.80. The summed E-state index contributed by atoms with van der Waals surface area (Å²) in [6.45, 7) is 0. The van der Waals surface area contributed by atoms with Gasteiger partial charge in [0.1, 0.15) is 4.83 Å². The molecule has 0 atom stereocenters. The van der Waals surface area contributed by atoms with Gasteiger partial charge < -0.3 is 5.32 Å². The Labute approximate surface area is 180 Å². The van der Waals surface area contributed by atoms with E-state index < -0.39 is 0 Å². The summed E-state index contributed by atoms with van der Waals surface area (Å²) in [6.07, 6.45) is 0. The lowest BCUT2D eigenvalue weighted by molar-refractivity contribution is -0.113. The second-order valence-electron chi connectivity index (χ2n) is 6.15. The van der Waals surface area contributed by atoms with Gasteiger partial charge >= 0.3 is 0 Å². The number of amides is 1. The van der Waals surface area contributed by atoms with Gasteiger partial charge in [-0.3, -0.25) is 14.2 Å². The van der Waals surface area contributed by atoms with Gasteiger partial charge in [-0.15, -0.1) is 11.3 Å². The molecule has 0 spiro atoms. The number of hydrogen-bond donors (Lipinski definition) is 1. The zero-order valence-corrected chi connectivity index (χ0v) is 17.9. The molecule has 0 fully saturated rings. The number of carbonyl (C=O) groups is 1. The zero-order chi connectivity index (χ0) is 20.2. The summed E-state index contributed by atoms with van der Waals surface area (Å²) in [5, 5.41) is 5.97. The minimum absolute atomic E-state index is 0.0937. The number of anilines is 1. The van der Waals surface area contributed by atoms with Crippen LogP contribution in [0.3, 0.4) is 0 Å². The number of nitrogens with one attached hydrogen (secondary N) is 1. The van der Waals surface area contributed by atoms with Crippen molar-refractivity contribution in [2.45, 2.75) is 14.9 Å². The summed E-state index contributed by atoms with van der Waals surface area (Å²) >= 11 is 4.28. The monoisotopic (exact) mass is 439 g/mol. The van der Waals surface area contributed by atoms with Crippen molar-refractivity contribution in [1.82, 2.24) is 9.55 Å². The number of carbonyl (C=O) groups excluding carboxylic acids is 1. The van der Waals surface area contributed by atoms with Gasteiger partial charge in [0.2, 0.25) is 5.91 Å². The molecule has 0 aliphatic rings. The number of nitrogens with zero attached hydrogens (tertiary/aromatic N) is 2. The Kier molecular flexibility index (Phi) is 6.03. The zero-order valence-electron chi connectivity index (χ0n) is 15.5. The van der Waals surface area contributed by atoms with Crippen molar-refractivity contribution < 1.29 is 4.79 Å². The molecule has 4 aromatic rings. The highest BCUT2D eigenvalue weighted by Crippen LogP contribution is 2.33. The molecular weight excluding hydrogens is 422 g/mol. The molecule has 146 valence electrons. The molecular formula is C21H17N3O2S3. The molecule has 2 aromatic carbocycles.